The van der Waals surface area contributed by atoms with E-state index < -0.39 is 0 Å². The van der Waals surface area contributed by atoms with Crippen molar-refractivity contribution in [1.82, 2.24) is 20.2 Å². The second-order valence-electron chi connectivity index (χ2n) is 6.21. The van der Waals surface area contributed by atoms with Gasteiger partial charge in [-0.15, -0.1) is 0 Å². The summed E-state index contributed by atoms with van der Waals surface area (Å²) in [6, 6.07) is 17.4. The van der Waals surface area contributed by atoms with E-state index in [2.05, 4.69) is 15.6 Å². The van der Waals surface area contributed by atoms with Crippen LogP contribution in [0, 0.1) is 0 Å². The maximum absolute atomic E-state index is 12.6. The van der Waals surface area contributed by atoms with E-state index in [1.165, 1.54) is 6.92 Å². The zero-order chi connectivity index (χ0) is 18.5. The van der Waals surface area contributed by atoms with Crippen LogP contribution < -0.4 is 10.6 Å². The summed E-state index contributed by atoms with van der Waals surface area (Å²) in [6.07, 6.45) is 0. The van der Waals surface area contributed by atoms with E-state index in [4.69, 9.17) is 0 Å². The molecule has 1 unspecified atom stereocenters. The zero-order valence-electron chi connectivity index (χ0n) is 14.9. The van der Waals surface area contributed by atoms with Crippen LogP contribution in [0.2, 0.25) is 0 Å². The number of imidazole rings is 1. The molecule has 0 bridgehead atoms. The van der Waals surface area contributed by atoms with Gasteiger partial charge in [0.15, 0.2) is 0 Å². The Morgan fingerprint density at radius 1 is 1.08 bits per heavy atom. The van der Waals surface area contributed by atoms with Gasteiger partial charge >= 0.3 is 0 Å². The summed E-state index contributed by atoms with van der Waals surface area (Å²) in [5, 5.41) is 5.77. The van der Waals surface area contributed by atoms with E-state index in [-0.39, 0.29) is 30.9 Å². The Balaban J connectivity index is 1.79. The van der Waals surface area contributed by atoms with Crippen molar-refractivity contribution < 1.29 is 9.59 Å². The van der Waals surface area contributed by atoms with Gasteiger partial charge in [0.2, 0.25) is 11.8 Å². The Labute approximate surface area is 152 Å². The smallest absolute Gasteiger partial charge is 0.240 e. The molecule has 3 aromatic rings. The highest BCUT2D eigenvalue weighted by molar-refractivity contribution is 5.81. The molecule has 6 nitrogen and oxygen atoms in total. The number of carbonyl (C=O) groups is 2. The van der Waals surface area contributed by atoms with Crippen LogP contribution in [0.15, 0.2) is 54.6 Å². The molecular weight excluding hydrogens is 328 g/mol. The van der Waals surface area contributed by atoms with E-state index >= 15 is 0 Å². The summed E-state index contributed by atoms with van der Waals surface area (Å²) in [5.41, 5.74) is 2.72. The average Bonchev–Trinajstić information content (AvgIpc) is 2.98. The van der Waals surface area contributed by atoms with Gasteiger partial charge in [-0.3, -0.25) is 9.59 Å². The SMILES string of the molecule is CC(=O)NCc1nc2ccccc2n1CC(=O)NC(C)c1ccccc1. The number of hydrogen-bond acceptors (Lipinski definition) is 3. The zero-order valence-corrected chi connectivity index (χ0v) is 14.9. The van der Waals surface area contributed by atoms with Gasteiger partial charge in [-0.2, -0.15) is 0 Å². The molecule has 2 aromatic carbocycles. The van der Waals surface area contributed by atoms with Crippen LogP contribution in [0.3, 0.4) is 0 Å². The lowest BCUT2D eigenvalue weighted by Gasteiger charge is -2.16. The number of para-hydroxylation sites is 2. The second kappa shape index (κ2) is 7.82. The molecule has 134 valence electrons. The quantitative estimate of drug-likeness (QED) is 0.717. The number of carbonyl (C=O) groups excluding carboxylic acids is 2. The number of nitrogens with one attached hydrogen (secondary N) is 2. The first-order chi connectivity index (χ1) is 12.5. The third-order valence-electron chi connectivity index (χ3n) is 4.21. The Kier molecular flexibility index (Phi) is 5.31. The third-order valence-corrected chi connectivity index (χ3v) is 4.21. The van der Waals surface area contributed by atoms with Crippen LogP contribution in [-0.2, 0) is 22.7 Å². The molecule has 3 rings (SSSR count). The number of benzene rings is 2. The van der Waals surface area contributed by atoms with Gasteiger partial charge in [0.05, 0.1) is 23.6 Å². The molecule has 1 aromatic heterocycles. The highest BCUT2D eigenvalue weighted by atomic mass is 16.2. The maximum atomic E-state index is 12.6. The van der Waals surface area contributed by atoms with Crippen molar-refractivity contribution in [2.24, 2.45) is 0 Å². The third kappa shape index (κ3) is 4.08. The molecule has 0 saturated carbocycles. The minimum Gasteiger partial charge on any atom is -0.349 e. The summed E-state index contributed by atoms with van der Waals surface area (Å²) < 4.78 is 1.85. The highest BCUT2D eigenvalue weighted by Gasteiger charge is 2.15. The van der Waals surface area contributed by atoms with Gasteiger partial charge in [-0.05, 0) is 24.6 Å². The molecule has 0 aliphatic carbocycles. The monoisotopic (exact) mass is 350 g/mol. The number of nitrogens with zero attached hydrogens (tertiary/aromatic N) is 2. The minimum absolute atomic E-state index is 0.0859. The first-order valence-electron chi connectivity index (χ1n) is 8.57. The van der Waals surface area contributed by atoms with Crippen molar-refractivity contribution >= 4 is 22.8 Å². The van der Waals surface area contributed by atoms with Crippen LogP contribution in [0.25, 0.3) is 11.0 Å². The molecular formula is C20H22N4O2. The van der Waals surface area contributed by atoms with Crippen molar-refractivity contribution in [2.45, 2.75) is 33.0 Å². The molecule has 0 aliphatic rings. The molecule has 26 heavy (non-hydrogen) atoms. The highest BCUT2D eigenvalue weighted by Crippen LogP contribution is 2.17. The molecule has 2 N–H and O–H groups in total. The number of fused-ring (bicyclic) bond motifs is 1. The van der Waals surface area contributed by atoms with Crippen molar-refractivity contribution in [3.63, 3.8) is 0 Å². The standard InChI is InChI=1S/C20H22N4O2/c1-14(16-8-4-3-5-9-16)22-20(26)13-24-18-11-7-6-10-17(18)23-19(24)12-21-15(2)25/h3-11,14H,12-13H2,1-2H3,(H,21,25)(H,22,26). The summed E-state index contributed by atoms with van der Waals surface area (Å²) in [4.78, 5) is 28.4. The number of hydrogen-bond donors (Lipinski definition) is 2. The molecule has 0 spiro atoms. The maximum Gasteiger partial charge on any atom is 0.240 e. The summed E-state index contributed by atoms with van der Waals surface area (Å²) >= 11 is 0. The summed E-state index contributed by atoms with van der Waals surface area (Å²) in [5.74, 6) is 0.420. The number of rotatable bonds is 6. The van der Waals surface area contributed by atoms with Gasteiger partial charge in [0.1, 0.15) is 12.4 Å². The molecule has 6 heteroatoms. The fourth-order valence-electron chi connectivity index (χ4n) is 2.90. The lowest BCUT2D eigenvalue weighted by atomic mass is 10.1. The van der Waals surface area contributed by atoms with E-state index in [1.54, 1.807) is 0 Å². The van der Waals surface area contributed by atoms with Crippen LogP contribution >= 0.6 is 0 Å². The van der Waals surface area contributed by atoms with Gasteiger partial charge in [-0.1, -0.05) is 42.5 Å². The normalized spacial score (nSPS) is 11.9. The Hall–Kier alpha value is -3.15. The van der Waals surface area contributed by atoms with Crippen molar-refractivity contribution in [3.8, 4) is 0 Å². The van der Waals surface area contributed by atoms with Crippen LogP contribution in [0.5, 0.6) is 0 Å². The first kappa shape index (κ1) is 17.7. The van der Waals surface area contributed by atoms with E-state index in [0.29, 0.717) is 5.82 Å². The van der Waals surface area contributed by atoms with E-state index in [0.717, 1.165) is 16.6 Å². The Morgan fingerprint density at radius 3 is 2.50 bits per heavy atom. The van der Waals surface area contributed by atoms with Crippen LogP contribution in [-0.4, -0.2) is 21.4 Å². The molecule has 0 saturated heterocycles. The fourth-order valence-corrected chi connectivity index (χ4v) is 2.90. The lowest BCUT2D eigenvalue weighted by molar-refractivity contribution is -0.122. The molecule has 2 amide bonds. The van der Waals surface area contributed by atoms with Crippen molar-refractivity contribution in [1.29, 1.82) is 0 Å². The van der Waals surface area contributed by atoms with E-state index in [1.807, 2.05) is 66.1 Å². The lowest BCUT2D eigenvalue weighted by Crippen LogP contribution is -2.31. The van der Waals surface area contributed by atoms with Crippen molar-refractivity contribution in [3.05, 3.63) is 66.0 Å². The Bertz CT molecular complexity index is 918. The molecule has 0 aliphatic heterocycles. The van der Waals surface area contributed by atoms with E-state index in [9.17, 15) is 9.59 Å². The predicted octanol–water partition coefficient (Wildman–Crippen LogP) is 2.55. The largest absolute Gasteiger partial charge is 0.349 e. The number of aromatic nitrogens is 2. The minimum atomic E-state index is -0.134. The fraction of sp³-hybridized carbons (Fsp3) is 0.250. The summed E-state index contributed by atoms with van der Waals surface area (Å²) in [6.45, 7) is 3.84. The second-order valence-corrected chi connectivity index (χ2v) is 6.21. The first-order valence-corrected chi connectivity index (χ1v) is 8.57. The molecule has 0 fully saturated rings. The Morgan fingerprint density at radius 2 is 1.77 bits per heavy atom. The summed E-state index contributed by atoms with van der Waals surface area (Å²) in [7, 11) is 0. The van der Waals surface area contributed by atoms with Crippen molar-refractivity contribution in [2.75, 3.05) is 0 Å². The van der Waals surface area contributed by atoms with Crippen LogP contribution in [0.4, 0.5) is 0 Å². The van der Waals surface area contributed by atoms with Gasteiger partial charge < -0.3 is 15.2 Å². The van der Waals surface area contributed by atoms with Gasteiger partial charge in [0.25, 0.3) is 0 Å². The predicted molar refractivity (Wildman–Crippen MR) is 100 cm³/mol. The molecule has 0 radical (unpaired) electrons. The average molecular weight is 350 g/mol. The van der Waals surface area contributed by atoms with Gasteiger partial charge in [-0.25, -0.2) is 4.98 Å². The van der Waals surface area contributed by atoms with Gasteiger partial charge in [0, 0.05) is 6.92 Å². The number of amides is 2. The molecule has 1 heterocycles. The van der Waals surface area contributed by atoms with Crippen LogP contribution in [0.1, 0.15) is 31.3 Å². The topological polar surface area (TPSA) is 76.0 Å². The molecule has 1 atom stereocenters.